The number of rotatable bonds is 1. The molecule has 2 aromatic heterocycles. The second kappa shape index (κ2) is 3.57. The van der Waals surface area contributed by atoms with Crippen LogP contribution in [0.2, 0.25) is 5.02 Å². The highest BCUT2D eigenvalue weighted by molar-refractivity contribution is 6.30. The molecule has 16 heavy (non-hydrogen) atoms. The molecule has 1 aromatic carbocycles. The number of benzene rings is 1. The predicted octanol–water partition coefficient (Wildman–Crippen LogP) is 2.44. The standard InChI is InChI=1S/C11H7ClN4/c12-9-6-13-11-14-10(15-16(11)7-9)8-4-2-1-3-5-8/h1-7H. The van der Waals surface area contributed by atoms with E-state index in [1.54, 1.807) is 16.9 Å². The molecular weight excluding hydrogens is 224 g/mol. The zero-order chi connectivity index (χ0) is 11.0. The van der Waals surface area contributed by atoms with Crippen LogP contribution in [0.5, 0.6) is 0 Å². The van der Waals surface area contributed by atoms with Crippen molar-refractivity contribution in [2.24, 2.45) is 0 Å². The summed E-state index contributed by atoms with van der Waals surface area (Å²) in [6, 6.07) is 9.75. The zero-order valence-electron chi connectivity index (χ0n) is 8.21. The third-order valence-corrected chi connectivity index (χ3v) is 2.39. The van der Waals surface area contributed by atoms with Crippen molar-refractivity contribution >= 4 is 17.4 Å². The van der Waals surface area contributed by atoms with E-state index in [9.17, 15) is 0 Å². The van der Waals surface area contributed by atoms with Crippen molar-refractivity contribution in [2.75, 3.05) is 0 Å². The fourth-order valence-electron chi connectivity index (χ4n) is 1.47. The van der Waals surface area contributed by atoms with Gasteiger partial charge in [-0.15, -0.1) is 5.10 Å². The van der Waals surface area contributed by atoms with E-state index in [2.05, 4.69) is 15.1 Å². The fourth-order valence-corrected chi connectivity index (χ4v) is 1.61. The van der Waals surface area contributed by atoms with E-state index in [0.717, 1.165) is 5.56 Å². The molecule has 0 bridgehead atoms. The molecule has 4 nitrogen and oxygen atoms in total. The Morgan fingerprint density at radius 3 is 2.75 bits per heavy atom. The zero-order valence-corrected chi connectivity index (χ0v) is 8.96. The molecule has 0 atom stereocenters. The average molecular weight is 231 g/mol. The Hall–Kier alpha value is -1.94. The van der Waals surface area contributed by atoms with Crippen LogP contribution < -0.4 is 0 Å². The summed E-state index contributed by atoms with van der Waals surface area (Å²) in [5, 5.41) is 4.84. The lowest BCUT2D eigenvalue weighted by molar-refractivity contribution is 0.943. The topological polar surface area (TPSA) is 43.1 Å². The molecule has 0 amide bonds. The first kappa shape index (κ1) is 9.30. The first-order valence-electron chi connectivity index (χ1n) is 4.76. The van der Waals surface area contributed by atoms with Gasteiger partial charge in [-0.2, -0.15) is 4.98 Å². The van der Waals surface area contributed by atoms with Gasteiger partial charge in [0.15, 0.2) is 5.82 Å². The van der Waals surface area contributed by atoms with Gasteiger partial charge in [-0.05, 0) is 0 Å². The Morgan fingerprint density at radius 1 is 1.12 bits per heavy atom. The Kier molecular flexibility index (Phi) is 2.08. The minimum absolute atomic E-state index is 0.539. The Morgan fingerprint density at radius 2 is 1.94 bits per heavy atom. The number of aromatic nitrogens is 4. The van der Waals surface area contributed by atoms with Gasteiger partial charge in [-0.25, -0.2) is 9.50 Å². The number of fused-ring (bicyclic) bond motifs is 1. The van der Waals surface area contributed by atoms with E-state index in [1.165, 1.54) is 0 Å². The van der Waals surface area contributed by atoms with Crippen LogP contribution in [0.25, 0.3) is 17.2 Å². The highest BCUT2D eigenvalue weighted by Crippen LogP contribution is 2.15. The third-order valence-electron chi connectivity index (χ3n) is 2.19. The summed E-state index contributed by atoms with van der Waals surface area (Å²) in [4.78, 5) is 8.39. The molecule has 0 aliphatic rings. The molecule has 3 rings (SSSR count). The minimum Gasteiger partial charge on any atom is -0.218 e. The molecule has 0 aliphatic carbocycles. The van der Waals surface area contributed by atoms with Gasteiger partial charge in [0.2, 0.25) is 0 Å². The van der Waals surface area contributed by atoms with E-state index >= 15 is 0 Å². The third kappa shape index (κ3) is 1.53. The molecule has 2 heterocycles. The van der Waals surface area contributed by atoms with Crippen LogP contribution in [-0.4, -0.2) is 19.6 Å². The van der Waals surface area contributed by atoms with Gasteiger partial charge in [-0.1, -0.05) is 41.9 Å². The summed E-state index contributed by atoms with van der Waals surface area (Å²) in [5.41, 5.74) is 0.962. The highest BCUT2D eigenvalue weighted by Gasteiger charge is 2.06. The lowest BCUT2D eigenvalue weighted by atomic mass is 10.2. The summed E-state index contributed by atoms with van der Waals surface area (Å²) in [7, 11) is 0. The SMILES string of the molecule is Clc1cnc2nc(-c3ccccc3)nn2c1. The molecule has 78 valence electrons. The molecule has 0 saturated heterocycles. The van der Waals surface area contributed by atoms with Crippen molar-refractivity contribution in [3.63, 3.8) is 0 Å². The van der Waals surface area contributed by atoms with Gasteiger partial charge < -0.3 is 0 Å². The number of halogens is 1. The molecule has 0 unspecified atom stereocenters. The minimum atomic E-state index is 0.539. The van der Waals surface area contributed by atoms with Gasteiger partial charge in [-0.3, -0.25) is 0 Å². The first-order chi connectivity index (χ1) is 7.83. The van der Waals surface area contributed by atoms with Crippen molar-refractivity contribution in [3.8, 4) is 11.4 Å². The summed E-state index contributed by atoms with van der Waals surface area (Å²) in [6.07, 6.45) is 3.24. The Balaban J connectivity index is 2.19. The van der Waals surface area contributed by atoms with Crippen molar-refractivity contribution in [1.82, 2.24) is 19.6 Å². The monoisotopic (exact) mass is 230 g/mol. The quantitative estimate of drug-likeness (QED) is 0.645. The van der Waals surface area contributed by atoms with E-state index in [1.807, 2.05) is 30.3 Å². The van der Waals surface area contributed by atoms with E-state index in [0.29, 0.717) is 16.6 Å². The van der Waals surface area contributed by atoms with Crippen LogP contribution in [0.3, 0.4) is 0 Å². The van der Waals surface area contributed by atoms with Crippen molar-refractivity contribution < 1.29 is 0 Å². The predicted molar refractivity (Wildman–Crippen MR) is 61.2 cm³/mol. The Labute approximate surface area is 96.5 Å². The maximum Gasteiger partial charge on any atom is 0.252 e. The van der Waals surface area contributed by atoms with Crippen molar-refractivity contribution in [2.45, 2.75) is 0 Å². The van der Waals surface area contributed by atoms with Crippen LogP contribution in [0.15, 0.2) is 42.7 Å². The summed E-state index contributed by atoms with van der Waals surface area (Å²) < 4.78 is 1.57. The lowest BCUT2D eigenvalue weighted by Gasteiger charge is -1.91. The molecule has 0 spiro atoms. The average Bonchev–Trinajstić information content (AvgIpc) is 2.73. The number of hydrogen-bond donors (Lipinski definition) is 0. The number of hydrogen-bond acceptors (Lipinski definition) is 3. The summed E-state index contributed by atoms with van der Waals surface area (Å²) in [5.74, 6) is 1.19. The maximum atomic E-state index is 5.82. The van der Waals surface area contributed by atoms with Crippen LogP contribution in [-0.2, 0) is 0 Å². The molecule has 0 fully saturated rings. The molecule has 0 aliphatic heterocycles. The highest BCUT2D eigenvalue weighted by atomic mass is 35.5. The van der Waals surface area contributed by atoms with Crippen LogP contribution >= 0.6 is 11.6 Å². The lowest BCUT2D eigenvalue weighted by Crippen LogP contribution is -1.88. The number of nitrogens with zero attached hydrogens (tertiary/aromatic N) is 4. The molecule has 0 saturated carbocycles. The second-order valence-corrected chi connectivity index (χ2v) is 3.75. The van der Waals surface area contributed by atoms with Crippen molar-refractivity contribution in [3.05, 3.63) is 47.7 Å². The molecule has 0 radical (unpaired) electrons. The molecule has 5 heteroatoms. The van der Waals surface area contributed by atoms with Crippen LogP contribution in [0.1, 0.15) is 0 Å². The normalized spacial score (nSPS) is 10.8. The second-order valence-electron chi connectivity index (χ2n) is 3.32. The Bertz CT molecular complexity index is 633. The van der Waals surface area contributed by atoms with Crippen LogP contribution in [0.4, 0.5) is 0 Å². The largest absolute Gasteiger partial charge is 0.252 e. The van der Waals surface area contributed by atoms with E-state index in [4.69, 9.17) is 11.6 Å². The maximum absolute atomic E-state index is 5.82. The smallest absolute Gasteiger partial charge is 0.218 e. The molecular formula is C11H7ClN4. The van der Waals surface area contributed by atoms with E-state index < -0.39 is 0 Å². The van der Waals surface area contributed by atoms with Gasteiger partial charge in [0, 0.05) is 5.56 Å². The molecule has 3 aromatic rings. The fraction of sp³-hybridized carbons (Fsp3) is 0. The van der Waals surface area contributed by atoms with Gasteiger partial charge >= 0.3 is 0 Å². The summed E-state index contributed by atoms with van der Waals surface area (Å²) >= 11 is 5.82. The van der Waals surface area contributed by atoms with Crippen molar-refractivity contribution in [1.29, 1.82) is 0 Å². The van der Waals surface area contributed by atoms with Gasteiger partial charge in [0.05, 0.1) is 17.4 Å². The van der Waals surface area contributed by atoms with Crippen LogP contribution in [0, 0.1) is 0 Å². The first-order valence-corrected chi connectivity index (χ1v) is 5.14. The van der Waals surface area contributed by atoms with Gasteiger partial charge in [0.25, 0.3) is 5.78 Å². The molecule has 0 N–H and O–H groups in total. The van der Waals surface area contributed by atoms with E-state index in [-0.39, 0.29) is 0 Å². The van der Waals surface area contributed by atoms with Gasteiger partial charge in [0.1, 0.15) is 0 Å². The summed E-state index contributed by atoms with van der Waals surface area (Å²) in [6.45, 7) is 0.